The summed E-state index contributed by atoms with van der Waals surface area (Å²) in [4.78, 5) is 62.5. The normalized spacial score (nSPS) is 23.8. The summed E-state index contributed by atoms with van der Waals surface area (Å²) in [5.74, 6) is 2.25. The van der Waals surface area contributed by atoms with Crippen molar-refractivity contribution in [2.24, 2.45) is 5.92 Å². The van der Waals surface area contributed by atoms with E-state index in [0.717, 1.165) is 10.5 Å². The number of rotatable bonds is 10. The highest BCUT2D eigenvalue weighted by atomic mass is 16.6. The van der Waals surface area contributed by atoms with Crippen molar-refractivity contribution in [1.82, 2.24) is 10.2 Å². The van der Waals surface area contributed by atoms with Crippen LogP contribution in [0.1, 0.15) is 52.4 Å². The van der Waals surface area contributed by atoms with Gasteiger partial charge in [0.1, 0.15) is 29.9 Å². The van der Waals surface area contributed by atoms with Crippen molar-refractivity contribution in [3.05, 3.63) is 144 Å². The van der Waals surface area contributed by atoms with Gasteiger partial charge in [0.15, 0.2) is 0 Å². The number of carbonyl (C=O) groups is 4. The highest BCUT2D eigenvalue weighted by Crippen LogP contribution is 2.66. The number of ether oxygens (including phenoxy) is 3. The summed E-state index contributed by atoms with van der Waals surface area (Å²) in [5, 5.41) is 22.8. The van der Waals surface area contributed by atoms with E-state index < -0.39 is 59.4 Å². The molecule has 0 aliphatic carbocycles. The van der Waals surface area contributed by atoms with E-state index in [9.17, 15) is 24.6 Å². The lowest BCUT2D eigenvalue weighted by atomic mass is 9.65. The summed E-state index contributed by atoms with van der Waals surface area (Å²) >= 11 is 0. The Kier molecular flexibility index (Phi) is 11.0. The van der Waals surface area contributed by atoms with E-state index in [2.05, 4.69) is 23.7 Å². The summed E-state index contributed by atoms with van der Waals surface area (Å²) < 4.78 is 17.1. The van der Waals surface area contributed by atoms with Crippen LogP contribution in [0.3, 0.4) is 0 Å². The average molecular weight is 756 g/mol. The first-order chi connectivity index (χ1) is 27.3. The smallest absolute Gasteiger partial charge is 0.421 e. The summed E-state index contributed by atoms with van der Waals surface area (Å²) in [7, 11) is 1.45. The van der Waals surface area contributed by atoms with E-state index >= 15 is 4.79 Å². The molecule has 0 aromatic heterocycles. The fraction of sp³-hybridized carbons (Fsp3) is 0.273. The largest absolute Gasteiger partial charge is 0.508 e. The van der Waals surface area contributed by atoms with Crippen molar-refractivity contribution in [3.63, 3.8) is 0 Å². The zero-order chi connectivity index (χ0) is 39.4. The number of fused-ring (bicyclic) bond motifs is 3. The number of hydrogen-bond acceptors (Lipinski definition) is 10. The fourth-order valence-corrected chi connectivity index (χ4v) is 8.40. The molecule has 0 saturated carbocycles. The predicted molar refractivity (Wildman–Crippen MR) is 205 cm³/mol. The lowest BCUT2D eigenvalue weighted by molar-refractivity contribution is -0.178. The van der Waals surface area contributed by atoms with Gasteiger partial charge in [-0.05, 0) is 52.6 Å². The summed E-state index contributed by atoms with van der Waals surface area (Å²) in [6.45, 7) is 3.51. The number of amides is 3. The molecule has 6 atom stereocenters. The van der Waals surface area contributed by atoms with Gasteiger partial charge in [-0.1, -0.05) is 90.7 Å². The number of imide groups is 1. The minimum absolute atomic E-state index is 0.0162. The second-order valence-electron chi connectivity index (χ2n) is 13.6. The zero-order valence-electron chi connectivity index (χ0n) is 30.7. The van der Waals surface area contributed by atoms with Crippen molar-refractivity contribution in [2.45, 2.75) is 36.1 Å². The molecule has 3 aliphatic rings. The summed E-state index contributed by atoms with van der Waals surface area (Å²) in [6.07, 6.45) is -0.211. The molecule has 286 valence electrons. The monoisotopic (exact) mass is 755 g/mol. The van der Waals surface area contributed by atoms with Crippen LogP contribution >= 0.6 is 0 Å². The molecule has 2 saturated heterocycles. The van der Waals surface area contributed by atoms with Gasteiger partial charge in [0.25, 0.3) is 0 Å². The number of cyclic esters (lactones) is 1. The SMILES string of the molecule is C=CCNC(=O)C1C2C(=O)OC(c3ccccc3)C(c3ccccc3)N2C(c2ccc(O)cc2)C12C(=O)N(C(=O)OCCOC)c1ccc(C#CCCO)cc12. The van der Waals surface area contributed by atoms with E-state index in [1.165, 1.54) is 25.3 Å². The molecular weight excluding hydrogens is 714 g/mol. The van der Waals surface area contributed by atoms with Crippen LogP contribution in [0, 0.1) is 17.8 Å². The van der Waals surface area contributed by atoms with Gasteiger partial charge in [0.2, 0.25) is 11.8 Å². The first kappa shape index (κ1) is 38.0. The van der Waals surface area contributed by atoms with Crippen LogP contribution in [0.25, 0.3) is 0 Å². The second kappa shape index (κ2) is 16.2. The van der Waals surface area contributed by atoms with E-state index in [1.807, 2.05) is 65.6 Å². The molecule has 3 heterocycles. The van der Waals surface area contributed by atoms with Crippen molar-refractivity contribution >= 4 is 29.6 Å². The fourth-order valence-electron chi connectivity index (χ4n) is 8.40. The Morgan fingerprint density at radius 1 is 0.929 bits per heavy atom. The maximum absolute atomic E-state index is 15.8. The number of phenolic OH excluding ortho intramolecular Hbond substituents is 1. The quantitative estimate of drug-likeness (QED) is 0.0884. The van der Waals surface area contributed by atoms with E-state index in [1.54, 1.807) is 30.3 Å². The average Bonchev–Trinajstić information content (AvgIpc) is 3.67. The first-order valence-electron chi connectivity index (χ1n) is 18.3. The number of aliphatic hydroxyl groups is 1. The van der Waals surface area contributed by atoms with Gasteiger partial charge in [-0.15, -0.1) is 6.58 Å². The van der Waals surface area contributed by atoms with Crippen molar-refractivity contribution in [2.75, 3.05) is 38.4 Å². The molecule has 3 N–H and O–H groups in total. The van der Waals surface area contributed by atoms with Crippen LogP contribution in [0.15, 0.2) is 116 Å². The molecule has 3 aliphatic heterocycles. The number of esters is 1. The van der Waals surface area contributed by atoms with Crippen molar-refractivity contribution in [1.29, 1.82) is 0 Å². The van der Waals surface area contributed by atoms with Crippen LogP contribution in [-0.2, 0) is 34.0 Å². The second-order valence-corrected chi connectivity index (χ2v) is 13.6. The molecule has 0 radical (unpaired) electrons. The minimum atomic E-state index is -1.99. The standard InChI is InChI=1S/C44H41N3O9/c1-3-23-45-40(50)35-37-41(51)56-38(30-15-8-5-9-16-30)36(29-13-6-4-7-14-29)47(37)39(31-18-20-32(49)21-19-31)44(35)33-27-28(12-10-11-24-48)17-22-34(33)46(42(44)52)43(53)55-26-25-54-2/h3-9,13-22,27,35-39,48-49H,1,11,23-26H2,2H3,(H,45,50). The highest BCUT2D eigenvalue weighted by Gasteiger charge is 2.75. The van der Waals surface area contributed by atoms with Crippen LogP contribution in [0.4, 0.5) is 10.5 Å². The lowest BCUT2D eigenvalue weighted by Gasteiger charge is -2.46. The summed E-state index contributed by atoms with van der Waals surface area (Å²) in [6, 6.07) is 26.5. The number of benzene rings is 4. The van der Waals surface area contributed by atoms with E-state index in [-0.39, 0.29) is 49.8 Å². The number of morpholine rings is 1. The molecule has 7 rings (SSSR count). The molecule has 4 aromatic rings. The van der Waals surface area contributed by atoms with Gasteiger partial charge in [-0.3, -0.25) is 19.3 Å². The molecular formula is C44H41N3O9. The van der Waals surface area contributed by atoms with Crippen molar-refractivity contribution < 1.29 is 43.6 Å². The highest BCUT2D eigenvalue weighted by molar-refractivity contribution is 6.23. The molecule has 4 aromatic carbocycles. The van der Waals surface area contributed by atoms with Crippen LogP contribution in [0.2, 0.25) is 0 Å². The molecule has 1 spiro atoms. The van der Waals surface area contributed by atoms with E-state index in [4.69, 9.17) is 14.2 Å². The third-order valence-electron chi connectivity index (χ3n) is 10.5. The maximum atomic E-state index is 15.8. The van der Waals surface area contributed by atoms with Crippen LogP contribution in [0.5, 0.6) is 5.75 Å². The molecule has 12 nitrogen and oxygen atoms in total. The van der Waals surface area contributed by atoms with E-state index in [0.29, 0.717) is 16.7 Å². The number of carbonyl (C=O) groups excluding carboxylic acids is 4. The van der Waals surface area contributed by atoms with Gasteiger partial charge in [0, 0.05) is 25.6 Å². The van der Waals surface area contributed by atoms with Gasteiger partial charge >= 0.3 is 12.1 Å². The Hall–Kier alpha value is -6.26. The molecule has 6 unspecified atom stereocenters. The Bertz CT molecular complexity index is 2180. The maximum Gasteiger partial charge on any atom is 0.421 e. The number of phenols is 1. The van der Waals surface area contributed by atoms with Gasteiger partial charge in [-0.2, -0.15) is 0 Å². The Morgan fingerprint density at radius 3 is 2.29 bits per heavy atom. The number of nitrogens with one attached hydrogen (secondary N) is 1. The lowest BCUT2D eigenvalue weighted by Crippen LogP contribution is -2.55. The third-order valence-corrected chi connectivity index (χ3v) is 10.5. The first-order valence-corrected chi connectivity index (χ1v) is 18.3. The summed E-state index contributed by atoms with van der Waals surface area (Å²) in [5.41, 5.74) is 0.796. The van der Waals surface area contributed by atoms with Crippen molar-refractivity contribution in [3.8, 4) is 17.6 Å². The Morgan fingerprint density at radius 2 is 1.62 bits per heavy atom. The predicted octanol–water partition coefficient (Wildman–Crippen LogP) is 4.88. The van der Waals surface area contributed by atoms with Crippen LogP contribution in [-0.4, -0.2) is 78.5 Å². The molecule has 12 heteroatoms. The van der Waals surface area contributed by atoms with Gasteiger partial charge in [-0.25, -0.2) is 9.69 Å². The van der Waals surface area contributed by atoms with Gasteiger partial charge in [0.05, 0.1) is 36.9 Å². The van der Waals surface area contributed by atoms with Gasteiger partial charge < -0.3 is 29.7 Å². The number of hydrogen-bond donors (Lipinski definition) is 3. The number of anilines is 1. The molecule has 2 fully saturated rings. The Balaban J connectivity index is 1.58. The topological polar surface area (TPSA) is 155 Å². The number of aliphatic hydroxyl groups excluding tert-OH is 1. The molecule has 0 bridgehead atoms. The van der Waals surface area contributed by atoms with Crippen LogP contribution < -0.4 is 10.2 Å². The molecule has 3 amide bonds. The number of nitrogens with zero attached hydrogens (tertiary/aromatic N) is 2. The minimum Gasteiger partial charge on any atom is -0.508 e. The Labute approximate surface area is 324 Å². The number of aromatic hydroxyl groups is 1. The third kappa shape index (κ3) is 6.49. The number of methoxy groups -OCH3 is 1. The molecule has 56 heavy (non-hydrogen) atoms. The zero-order valence-corrected chi connectivity index (χ0v) is 30.7.